The smallest absolute Gasteiger partial charge is 0.239 e. The maximum atomic E-state index is 11.6. The van der Waals surface area contributed by atoms with Crippen LogP contribution in [0.3, 0.4) is 0 Å². The van der Waals surface area contributed by atoms with Gasteiger partial charge < -0.3 is 21.1 Å². The average Bonchev–Trinajstić information content (AvgIpc) is 2.70. The fourth-order valence-corrected chi connectivity index (χ4v) is 1.77. The van der Waals surface area contributed by atoms with Crippen molar-refractivity contribution in [3.63, 3.8) is 0 Å². The van der Waals surface area contributed by atoms with Gasteiger partial charge >= 0.3 is 0 Å². The molecule has 0 aromatic carbocycles. The van der Waals surface area contributed by atoms with E-state index in [0.717, 1.165) is 6.42 Å². The number of amides is 2. The molecule has 1 aliphatic rings. The highest BCUT2D eigenvalue weighted by Crippen LogP contribution is 2.11. The molecule has 0 saturated carbocycles. The number of rotatable bonds is 5. The zero-order valence-electron chi connectivity index (χ0n) is 11.2. The molecule has 1 heterocycles. The van der Waals surface area contributed by atoms with Crippen LogP contribution in [-0.4, -0.2) is 43.2 Å². The summed E-state index contributed by atoms with van der Waals surface area (Å²) in [7, 11) is 0. The van der Waals surface area contributed by atoms with Gasteiger partial charge in [0.15, 0.2) is 0 Å². The van der Waals surface area contributed by atoms with Crippen LogP contribution in [0.1, 0.15) is 27.2 Å². The van der Waals surface area contributed by atoms with Crippen molar-refractivity contribution in [3.8, 4) is 0 Å². The Kier molecular flexibility index (Phi) is 5.55. The van der Waals surface area contributed by atoms with Gasteiger partial charge in [0.1, 0.15) is 0 Å². The Labute approximate surface area is 108 Å². The standard InChI is InChI=1S/C12H23N3O3/c1-7(2)11(13)12(17)14-6-10(16)15-9-4-5-18-8(9)3/h7-9,11H,4-6,13H2,1-3H3,(H,14,17)(H,15,16)/t8?,9?,11-/m0/s1. The molecule has 1 rings (SSSR count). The van der Waals surface area contributed by atoms with Gasteiger partial charge in [-0.1, -0.05) is 13.8 Å². The van der Waals surface area contributed by atoms with E-state index >= 15 is 0 Å². The molecule has 1 fully saturated rings. The Morgan fingerprint density at radius 1 is 1.44 bits per heavy atom. The molecular formula is C12H23N3O3. The average molecular weight is 257 g/mol. The first-order chi connectivity index (χ1) is 8.41. The second kappa shape index (κ2) is 6.70. The van der Waals surface area contributed by atoms with E-state index in [9.17, 15) is 9.59 Å². The first-order valence-electron chi connectivity index (χ1n) is 6.36. The molecule has 0 spiro atoms. The van der Waals surface area contributed by atoms with E-state index in [4.69, 9.17) is 10.5 Å². The molecule has 0 bridgehead atoms. The van der Waals surface area contributed by atoms with Gasteiger partial charge in [-0.3, -0.25) is 9.59 Å². The van der Waals surface area contributed by atoms with E-state index in [0.29, 0.717) is 6.61 Å². The van der Waals surface area contributed by atoms with Crippen molar-refractivity contribution >= 4 is 11.8 Å². The molecule has 3 atom stereocenters. The quantitative estimate of drug-likeness (QED) is 0.612. The van der Waals surface area contributed by atoms with E-state index in [1.54, 1.807) is 0 Å². The summed E-state index contributed by atoms with van der Waals surface area (Å²) in [5.74, 6) is -0.450. The van der Waals surface area contributed by atoms with Crippen LogP contribution in [0.15, 0.2) is 0 Å². The maximum Gasteiger partial charge on any atom is 0.239 e. The minimum absolute atomic E-state index is 0.0302. The van der Waals surface area contributed by atoms with Gasteiger partial charge in [0, 0.05) is 6.61 Å². The van der Waals surface area contributed by atoms with Crippen molar-refractivity contribution < 1.29 is 14.3 Å². The minimum Gasteiger partial charge on any atom is -0.376 e. The molecule has 2 amide bonds. The van der Waals surface area contributed by atoms with Crippen LogP contribution < -0.4 is 16.4 Å². The highest BCUT2D eigenvalue weighted by molar-refractivity contribution is 5.87. The fraction of sp³-hybridized carbons (Fsp3) is 0.833. The Morgan fingerprint density at radius 2 is 2.11 bits per heavy atom. The summed E-state index contributed by atoms with van der Waals surface area (Å²) < 4.78 is 5.34. The highest BCUT2D eigenvalue weighted by Gasteiger charge is 2.26. The lowest BCUT2D eigenvalue weighted by Crippen LogP contribution is -2.49. The van der Waals surface area contributed by atoms with Crippen molar-refractivity contribution in [2.45, 2.75) is 45.4 Å². The van der Waals surface area contributed by atoms with Crippen molar-refractivity contribution in [2.75, 3.05) is 13.2 Å². The van der Waals surface area contributed by atoms with E-state index in [2.05, 4.69) is 10.6 Å². The van der Waals surface area contributed by atoms with Crippen molar-refractivity contribution in [3.05, 3.63) is 0 Å². The molecule has 104 valence electrons. The van der Waals surface area contributed by atoms with Crippen LogP contribution >= 0.6 is 0 Å². The second-order valence-corrected chi connectivity index (χ2v) is 5.03. The summed E-state index contributed by atoms with van der Waals surface area (Å²) in [4.78, 5) is 23.2. The fourth-order valence-electron chi connectivity index (χ4n) is 1.77. The Morgan fingerprint density at radius 3 is 2.61 bits per heavy atom. The van der Waals surface area contributed by atoms with E-state index < -0.39 is 6.04 Å². The molecule has 2 unspecified atom stereocenters. The Balaban J connectivity index is 2.26. The molecule has 0 aromatic rings. The Hall–Kier alpha value is -1.14. The molecule has 4 N–H and O–H groups in total. The van der Waals surface area contributed by atoms with Crippen molar-refractivity contribution in [2.24, 2.45) is 11.7 Å². The summed E-state index contributed by atoms with van der Waals surface area (Å²) in [5.41, 5.74) is 5.67. The summed E-state index contributed by atoms with van der Waals surface area (Å²) in [6.45, 7) is 6.27. The van der Waals surface area contributed by atoms with Gasteiger partial charge in [-0.2, -0.15) is 0 Å². The number of carbonyl (C=O) groups is 2. The number of nitrogens with one attached hydrogen (secondary N) is 2. The summed E-state index contributed by atoms with van der Waals surface area (Å²) >= 11 is 0. The van der Waals surface area contributed by atoms with Gasteiger partial charge in [0.2, 0.25) is 11.8 Å². The summed E-state index contributed by atoms with van der Waals surface area (Å²) in [6.07, 6.45) is 0.842. The number of carbonyl (C=O) groups excluding carboxylic acids is 2. The third-order valence-electron chi connectivity index (χ3n) is 3.17. The van der Waals surface area contributed by atoms with Gasteiger partial charge in [-0.25, -0.2) is 0 Å². The molecule has 1 aliphatic heterocycles. The first-order valence-corrected chi connectivity index (χ1v) is 6.36. The zero-order valence-corrected chi connectivity index (χ0v) is 11.2. The van der Waals surface area contributed by atoms with Crippen LogP contribution in [-0.2, 0) is 14.3 Å². The highest BCUT2D eigenvalue weighted by atomic mass is 16.5. The third kappa shape index (κ3) is 4.27. The van der Waals surface area contributed by atoms with Gasteiger partial charge in [0.05, 0.1) is 24.7 Å². The SMILES string of the molecule is CC1OCCC1NC(=O)CNC(=O)[C@@H](N)C(C)C. The van der Waals surface area contributed by atoms with Gasteiger partial charge in [-0.15, -0.1) is 0 Å². The number of hydrogen-bond donors (Lipinski definition) is 3. The minimum atomic E-state index is -0.577. The first kappa shape index (κ1) is 14.9. The van der Waals surface area contributed by atoms with E-state index in [1.165, 1.54) is 0 Å². The number of ether oxygens (including phenoxy) is 1. The zero-order chi connectivity index (χ0) is 13.7. The predicted octanol–water partition coefficient (Wildman–Crippen LogP) is -0.620. The Bertz CT molecular complexity index is 307. The topological polar surface area (TPSA) is 93.5 Å². The lowest BCUT2D eigenvalue weighted by atomic mass is 10.1. The second-order valence-electron chi connectivity index (χ2n) is 5.03. The summed E-state index contributed by atoms with van der Waals surface area (Å²) in [6, 6.07) is -0.542. The number of nitrogens with two attached hydrogens (primary N) is 1. The summed E-state index contributed by atoms with van der Waals surface area (Å²) in [5, 5.41) is 5.37. The molecule has 6 heteroatoms. The molecule has 18 heavy (non-hydrogen) atoms. The molecule has 6 nitrogen and oxygen atoms in total. The van der Waals surface area contributed by atoms with Crippen LogP contribution in [0.2, 0.25) is 0 Å². The van der Waals surface area contributed by atoms with Gasteiger partial charge in [-0.05, 0) is 19.3 Å². The lowest BCUT2D eigenvalue weighted by molar-refractivity contribution is -0.127. The van der Waals surface area contributed by atoms with Crippen LogP contribution in [0.4, 0.5) is 0 Å². The van der Waals surface area contributed by atoms with Crippen molar-refractivity contribution in [1.82, 2.24) is 10.6 Å². The van der Waals surface area contributed by atoms with E-state index in [-0.39, 0.29) is 36.4 Å². The molecule has 0 aromatic heterocycles. The predicted molar refractivity (Wildman–Crippen MR) is 67.8 cm³/mol. The van der Waals surface area contributed by atoms with Gasteiger partial charge in [0.25, 0.3) is 0 Å². The largest absolute Gasteiger partial charge is 0.376 e. The van der Waals surface area contributed by atoms with Crippen LogP contribution in [0.5, 0.6) is 0 Å². The number of hydrogen-bond acceptors (Lipinski definition) is 4. The normalized spacial score (nSPS) is 24.9. The molecule has 0 radical (unpaired) electrons. The third-order valence-corrected chi connectivity index (χ3v) is 3.17. The van der Waals surface area contributed by atoms with Crippen molar-refractivity contribution in [1.29, 1.82) is 0 Å². The van der Waals surface area contributed by atoms with E-state index in [1.807, 2.05) is 20.8 Å². The molecular weight excluding hydrogens is 234 g/mol. The monoisotopic (exact) mass is 257 g/mol. The molecule has 1 saturated heterocycles. The van der Waals surface area contributed by atoms with Crippen LogP contribution in [0, 0.1) is 5.92 Å². The van der Waals surface area contributed by atoms with Crippen LogP contribution in [0.25, 0.3) is 0 Å². The lowest BCUT2D eigenvalue weighted by Gasteiger charge is -2.18. The maximum absolute atomic E-state index is 11.6. The molecule has 0 aliphatic carbocycles.